The molecule has 1 saturated heterocycles. The first-order valence-corrected chi connectivity index (χ1v) is 9.05. The van der Waals surface area contributed by atoms with Gasteiger partial charge in [0.1, 0.15) is 6.33 Å². The van der Waals surface area contributed by atoms with Crippen LogP contribution in [0.2, 0.25) is 0 Å². The summed E-state index contributed by atoms with van der Waals surface area (Å²) in [5.74, 6) is 0.620. The van der Waals surface area contributed by atoms with Crippen LogP contribution in [0, 0.1) is 0 Å². The van der Waals surface area contributed by atoms with Crippen molar-refractivity contribution in [2.75, 3.05) is 11.4 Å². The molecular formula is C20H20N6O2. The van der Waals surface area contributed by atoms with Crippen LogP contribution in [0.25, 0.3) is 5.69 Å². The summed E-state index contributed by atoms with van der Waals surface area (Å²) in [6.45, 7) is 0.681. The lowest BCUT2D eigenvalue weighted by molar-refractivity contribution is -0.117. The Bertz CT molecular complexity index is 957. The highest BCUT2D eigenvalue weighted by Crippen LogP contribution is 2.20. The average Bonchev–Trinajstić information content (AvgIpc) is 3.34. The lowest BCUT2D eigenvalue weighted by Gasteiger charge is -2.17. The van der Waals surface area contributed by atoms with Crippen LogP contribution >= 0.6 is 0 Å². The molecule has 4 rings (SSSR count). The summed E-state index contributed by atoms with van der Waals surface area (Å²) in [7, 11) is 0. The van der Waals surface area contributed by atoms with Crippen LogP contribution in [0.5, 0.6) is 0 Å². The van der Waals surface area contributed by atoms with Crippen molar-refractivity contribution >= 4 is 17.6 Å². The molecule has 1 aliphatic rings. The van der Waals surface area contributed by atoms with Gasteiger partial charge in [0.15, 0.2) is 5.82 Å². The molecule has 8 nitrogen and oxygen atoms in total. The van der Waals surface area contributed by atoms with Gasteiger partial charge in [-0.05, 0) is 24.3 Å². The summed E-state index contributed by atoms with van der Waals surface area (Å²) in [5.41, 5.74) is 1.76. The molecule has 0 saturated carbocycles. The fourth-order valence-corrected chi connectivity index (χ4v) is 3.24. The average molecular weight is 376 g/mol. The molecule has 142 valence electrons. The number of hydrogen-bond acceptors (Lipinski definition) is 4. The van der Waals surface area contributed by atoms with E-state index in [4.69, 9.17) is 0 Å². The molecule has 1 fully saturated rings. The van der Waals surface area contributed by atoms with E-state index in [0.717, 1.165) is 11.4 Å². The van der Waals surface area contributed by atoms with Gasteiger partial charge >= 0.3 is 6.03 Å². The molecule has 2 N–H and O–H groups in total. The number of carbonyl (C=O) groups is 2. The van der Waals surface area contributed by atoms with Crippen LogP contribution in [0.15, 0.2) is 67.0 Å². The molecule has 0 spiro atoms. The van der Waals surface area contributed by atoms with E-state index in [1.54, 1.807) is 11.2 Å². The van der Waals surface area contributed by atoms with Crippen LogP contribution in [-0.2, 0) is 11.3 Å². The number of benzene rings is 2. The van der Waals surface area contributed by atoms with E-state index < -0.39 is 0 Å². The third-order valence-corrected chi connectivity index (χ3v) is 4.59. The fraction of sp³-hybridized carbons (Fsp3) is 0.200. The van der Waals surface area contributed by atoms with Crippen molar-refractivity contribution in [3.8, 4) is 5.69 Å². The Morgan fingerprint density at radius 2 is 1.71 bits per heavy atom. The number of carbonyl (C=O) groups excluding carboxylic acids is 2. The molecule has 0 aliphatic carbocycles. The molecule has 2 aromatic carbocycles. The first kappa shape index (κ1) is 17.7. The van der Waals surface area contributed by atoms with Gasteiger partial charge in [-0.1, -0.05) is 36.4 Å². The number of rotatable bonds is 5. The number of nitrogens with zero attached hydrogens (tertiary/aromatic N) is 4. The molecule has 2 heterocycles. The zero-order chi connectivity index (χ0) is 19.3. The molecule has 3 amide bonds. The summed E-state index contributed by atoms with van der Waals surface area (Å²) in [6, 6.07) is 18.5. The van der Waals surface area contributed by atoms with Crippen molar-refractivity contribution in [2.45, 2.75) is 19.0 Å². The van der Waals surface area contributed by atoms with Crippen molar-refractivity contribution in [2.24, 2.45) is 0 Å². The maximum atomic E-state index is 12.3. The van der Waals surface area contributed by atoms with Crippen LogP contribution in [0.1, 0.15) is 12.2 Å². The smallest absolute Gasteiger partial charge is 0.315 e. The van der Waals surface area contributed by atoms with Crippen molar-refractivity contribution in [3.05, 3.63) is 72.8 Å². The molecular weight excluding hydrogens is 356 g/mol. The van der Waals surface area contributed by atoms with Gasteiger partial charge in [0, 0.05) is 24.3 Å². The van der Waals surface area contributed by atoms with Crippen LogP contribution in [0.3, 0.4) is 0 Å². The molecule has 3 aromatic rings. The first-order valence-electron chi connectivity index (χ1n) is 9.05. The molecule has 8 heteroatoms. The monoisotopic (exact) mass is 376 g/mol. The van der Waals surface area contributed by atoms with E-state index in [1.165, 1.54) is 0 Å². The molecule has 0 unspecified atom stereocenters. The lowest BCUT2D eigenvalue weighted by Crippen LogP contribution is -2.43. The predicted molar refractivity (Wildman–Crippen MR) is 104 cm³/mol. The molecule has 1 atom stereocenters. The normalized spacial score (nSPS) is 16.2. The highest BCUT2D eigenvalue weighted by Gasteiger charge is 2.31. The van der Waals surface area contributed by atoms with Gasteiger partial charge in [-0.3, -0.25) is 9.36 Å². The third-order valence-electron chi connectivity index (χ3n) is 4.59. The number of urea groups is 1. The largest absolute Gasteiger partial charge is 0.333 e. The molecule has 0 radical (unpaired) electrons. The Morgan fingerprint density at radius 3 is 2.43 bits per heavy atom. The second-order valence-electron chi connectivity index (χ2n) is 6.52. The Labute approximate surface area is 162 Å². The van der Waals surface area contributed by atoms with E-state index in [2.05, 4.69) is 20.8 Å². The van der Waals surface area contributed by atoms with Crippen molar-refractivity contribution in [3.63, 3.8) is 0 Å². The topological polar surface area (TPSA) is 92.1 Å². The molecule has 0 bridgehead atoms. The standard InChI is InChI=1S/C20H20N6O2/c27-19-11-15(13-25(19)16-7-3-1-4-8-16)23-20(28)21-12-18-24-22-14-26(18)17-9-5-2-6-10-17/h1-10,14-15H,11-13H2,(H2,21,23,28)/t15-/m1/s1. The van der Waals surface area contributed by atoms with E-state index in [1.807, 2.05) is 65.2 Å². The minimum atomic E-state index is -0.338. The number of nitrogens with one attached hydrogen (secondary N) is 2. The minimum absolute atomic E-state index is 0.000297. The Kier molecular flexibility index (Phi) is 5.01. The lowest BCUT2D eigenvalue weighted by atomic mass is 10.2. The van der Waals surface area contributed by atoms with Crippen LogP contribution < -0.4 is 15.5 Å². The summed E-state index contributed by atoms with van der Waals surface area (Å²) >= 11 is 0. The third kappa shape index (κ3) is 3.85. The highest BCUT2D eigenvalue weighted by molar-refractivity contribution is 5.96. The number of aromatic nitrogens is 3. The van der Waals surface area contributed by atoms with Gasteiger partial charge < -0.3 is 15.5 Å². The maximum Gasteiger partial charge on any atom is 0.315 e. The Hall–Kier alpha value is -3.68. The second kappa shape index (κ2) is 7.91. The number of para-hydroxylation sites is 2. The Morgan fingerprint density at radius 1 is 1.04 bits per heavy atom. The zero-order valence-corrected chi connectivity index (χ0v) is 15.2. The van der Waals surface area contributed by atoms with E-state index in [0.29, 0.717) is 12.4 Å². The number of hydrogen-bond donors (Lipinski definition) is 2. The van der Waals surface area contributed by atoms with Gasteiger partial charge in [-0.2, -0.15) is 0 Å². The quantitative estimate of drug-likeness (QED) is 0.711. The molecule has 28 heavy (non-hydrogen) atoms. The minimum Gasteiger partial charge on any atom is -0.333 e. The zero-order valence-electron chi connectivity index (χ0n) is 15.2. The van der Waals surface area contributed by atoms with E-state index >= 15 is 0 Å². The molecule has 1 aromatic heterocycles. The van der Waals surface area contributed by atoms with Crippen LogP contribution in [0.4, 0.5) is 10.5 Å². The van der Waals surface area contributed by atoms with Crippen molar-refractivity contribution < 1.29 is 9.59 Å². The fourth-order valence-electron chi connectivity index (χ4n) is 3.24. The van der Waals surface area contributed by atoms with Crippen LogP contribution in [-0.4, -0.2) is 39.3 Å². The van der Waals surface area contributed by atoms with Gasteiger partial charge in [0.05, 0.1) is 12.6 Å². The predicted octanol–water partition coefficient (Wildman–Crippen LogP) is 1.87. The summed E-state index contributed by atoms with van der Waals surface area (Å²) < 4.78 is 1.82. The second-order valence-corrected chi connectivity index (χ2v) is 6.52. The summed E-state index contributed by atoms with van der Waals surface area (Å²) in [5, 5.41) is 13.6. The Balaban J connectivity index is 1.33. The van der Waals surface area contributed by atoms with Gasteiger partial charge in [0.2, 0.25) is 5.91 Å². The molecule has 1 aliphatic heterocycles. The summed E-state index contributed by atoms with van der Waals surface area (Å²) in [4.78, 5) is 26.2. The van der Waals surface area contributed by atoms with E-state index in [9.17, 15) is 9.59 Å². The highest BCUT2D eigenvalue weighted by atomic mass is 16.2. The van der Waals surface area contributed by atoms with Gasteiger partial charge in [0.25, 0.3) is 0 Å². The first-order chi connectivity index (χ1) is 13.7. The number of anilines is 1. The SMILES string of the molecule is O=C(NCc1nncn1-c1ccccc1)N[C@@H]1CC(=O)N(c2ccccc2)C1. The van der Waals surface area contributed by atoms with Crippen molar-refractivity contribution in [1.82, 2.24) is 25.4 Å². The summed E-state index contributed by atoms with van der Waals surface area (Å²) in [6.07, 6.45) is 1.89. The van der Waals surface area contributed by atoms with Crippen molar-refractivity contribution in [1.29, 1.82) is 0 Å². The van der Waals surface area contributed by atoms with E-state index in [-0.39, 0.29) is 30.9 Å². The van der Waals surface area contributed by atoms with Gasteiger partial charge in [-0.15, -0.1) is 10.2 Å². The maximum absolute atomic E-state index is 12.3. The van der Waals surface area contributed by atoms with Gasteiger partial charge in [-0.25, -0.2) is 4.79 Å². The number of amides is 3.